The first-order valence-electron chi connectivity index (χ1n) is 9.86. The van der Waals surface area contributed by atoms with Gasteiger partial charge in [0.15, 0.2) is 6.04 Å². The van der Waals surface area contributed by atoms with Crippen molar-refractivity contribution in [3.8, 4) is 0 Å². The van der Waals surface area contributed by atoms with Crippen molar-refractivity contribution >= 4 is 35.6 Å². The predicted octanol–water partition coefficient (Wildman–Crippen LogP) is -2.92. The third-order valence-corrected chi connectivity index (χ3v) is 4.88. The van der Waals surface area contributed by atoms with Crippen LogP contribution in [-0.2, 0) is 28.8 Å². The van der Waals surface area contributed by atoms with Crippen LogP contribution < -0.4 is 16.4 Å². The topological polar surface area (TPSA) is 237 Å². The van der Waals surface area contributed by atoms with Gasteiger partial charge in [-0.1, -0.05) is 0 Å². The lowest BCUT2D eigenvalue weighted by atomic mass is 10.1. The van der Waals surface area contributed by atoms with Crippen LogP contribution in [0.2, 0.25) is 0 Å². The Morgan fingerprint density at radius 2 is 1.69 bits per heavy atom. The van der Waals surface area contributed by atoms with E-state index in [9.17, 15) is 33.9 Å². The number of likely N-dealkylation sites (tertiary alicyclic amines) is 1. The van der Waals surface area contributed by atoms with Gasteiger partial charge in [-0.2, -0.15) is 0 Å². The molecule has 14 heteroatoms. The molecule has 1 heterocycles. The Labute approximate surface area is 182 Å². The molecule has 1 rings (SSSR count). The van der Waals surface area contributed by atoms with Crippen LogP contribution in [0.15, 0.2) is 0 Å². The number of amides is 3. The van der Waals surface area contributed by atoms with Crippen molar-refractivity contribution in [1.82, 2.24) is 15.5 Å². The van der Waals surface area contributed by atoms with Gasteiger partial charge in [0.2, 0.25) is 17.7 Å². The van der Waals surface area contributed by atoms with Crippen molar-refractivity contribution in [3.63, 3.8) is 0 Å². The van der Waals surface area contributed by atoms with Crippen molar-refractivity contribution in [2.75, 3.05) is 6.54 Å². The molecular formula is C18H28N4O10. The molecule has 0 bridgehead atoms. The largest absolute Gasteiger partial charge is 0.481 e. The first kappa shape index (κ1) is 26.8. The summed E-state index contributed by atoms with van der Waals surface area (Å²) in [6.07, 6.45) is -2.34. The van der Waals surface area contributed by atoms with Crippen LogP contribution in [0.4, 0.5) is 0 Å². The molecule has 14 nitrogen and oxygen atoms in total. The molecule has 32 heavy (non-hydrogen) atoms. The smallest absolute Gasteiger partial charge is 0.328 e. The van der Waals surface area contributed by atoms with E-state index in [0.717, 1.165) is 4.90 Å². The molecule has 8 N–H and O–H groups in total. The molecular weight excluding hydrogens is 432 g/mol. The van der Waals surface area contributed by atoms with Crippen LogP contribution in [0.1, 0.15) is 39.0 Å². The van der Waals surface area contributed by atoms with E-state index in [2.05, 4.69) is 10.6 Å². The fourth-order valence-electron chi connectivity index (χ4n) is 3.20. The molecule has 3 amide bonds. The molecule has 1 fully saturated rings. The summed E-state index contributed by atoms with van der Waals surface area (Å²) in [6, 6.07) is -5.61. The number of nitrogens with zero attached hydrogens (tertiary/aromatic N) is 1. The van der Waals surface area contributed by atoms with Crippen molar-refractivity contribution in [3.05, 3.63) is 0 Å². The van der Waals surface area contributed by atoms with Gasteiger partial charge < -0.3 is 41.7 Å². The molecule has 1 aliphatic rings. The minimum atomic E-state index is -1.61. The summed E-state index contributed by atoms with van der Waals surface area (Å²) in [5.74, 6) is -6.73. The molecule has 1 aliphatic heterocycles. The molecule has 180 valence electrons. The van der Waals surface area contributed by atoms with Crippen molar-refractivity contribution in [2.45, 2.75) is 69.3 Å². The number of carboxylic acids is 3. The Morgan fingerprint density at radius 3 is 2.19 bits per heavy atom. The summed E-state index contributed by atoms with van der Waals surface area (Å²) in [5.41, 5.74) is 5.59. The molecule has 0 saturated carbocycles. The van der Waals surface area contributed by atoms with E-state index in [1.54, 1.807) is 0 Å². The second-order valence-electron chi connectivity index (χ2n) is 7.45. The van der Waals surface area contributed by atoms with Crippen LogP contribution >= 0.6 is 0 Å². The molecule has 0 aromatic rings. The Morgan fingerprint density at radius 1 is 1.06 bits per heavy atom. The second-order valence-corrected chi connectivity index (χ2v) is 7.45. The number of carbonyl (C=O) groups is 6. The number of carboxylic acid groups (broad SMARTS) is 3. The summed E-state index contributed by atoms with van der Waals surface area (Å²) in [4.78, 5) is 71.8. The van der Waals surface area contributed by atoms with E-state index in [1.807, 2.05) is 0 Å². The van der Waals surface area contributed by atoms with E-state index >= 15 is 0 Å². The number of hydrogen-bond acceptors (Lipinski definition) is 8. The minimum Gasteiger partial charge on any atom is -0.481 e. The van der Waals surface area contributed by atoms with E-state index in [-0.39, 0.29) is 19.4 Å². The lowest BCUT2D eigenvalue weighted by Crippen LogP contribution is -2.58. The molecule has 5 atom stereocenters. The number of nitrogens with one attached hydrogen (secondary N) is 2. The summed E-state index contributed by atoms with van der Waals surface area (Å²) in [7, 11) is 0. The summed E-state index contributed by atoms with van der Waals surface area (Å²) in [6.45, 7) is 1.23. The number of carbonyl (C=O) groups excluding carboxylic acids is 3. The Kier molecular flexibility index (Phi) is 10.00. The summed E-state index contributed by atoms with van der Waals surface area (Å²) >= 11 is 0. The maximum absolute atomic E-state index is 12.9. The Hall–Kier alpha value is -3.26. The first-order chi connectivity index (χ1) is 14.8. The highest BCUT2D eigenvalue weighted by Gasteiger charge is 2.40. The molecule has 5 unspecified atom stereocenters. The van der Waals surface area contributed by atoms with Gasteiger partial charge in [0.1, 0.15) is 12.1 Å². The first-order valence-corrected chi connectivity index (χ1v) is 9.86. The maximum atomic E-state index is 12.9. The van der Waals surface area contributed by atoms with E-state index < -0.39 is 78.7 Å². The van der Waals surface area contributed by atoms with Gasteiger partial charge in [-0.25, -0.2) is 4.79 Å². The normalized spacial score (nSPS) is 19.3. The molecule has 0 aliphatic carbocycles. The molecule has 0 aromatic carbocycles. The quantitative estimate of drug-likeness (QED) is 0.156. The number of aliphatic hydroxyl groups is 1. The van der Waals surface area contributed by atoms with Gasteiger partial charge in [0.25, 0.3) is 0 Å². The van der Waals surface area contributed by atoms with Crippen molar-refractivity contribution in [1.29, 1.82) is 0 Å². The van der Waals surface area contributed by atoms with Gasteiger partial charge in [0, 0.05) is 13.0 Å². The van der Waals surface area contributed by atoms with Crippen LogP contribution in [0.25, 0.3) is 0 Å². The number of aliphatic carboxylic acids is 3. The lowest BCUT2D eigenvalue weighted by Gasteiger charge is -2.29. The summed E-state index contributed by atoms with van der Waals surface area (Å²) in [5, 5.41) is 40.8. The van der Waals surface area contributed by atoms with Crippen LogP contribution in [-0.4, -0.2) is 97.8 Å². The zero-order valence-corrected chi connectivity index (χ0v) is 17.4. The zero-order chi connectivity index (χ0) is 24.6. The van der Waals surface area contributed by atoms with Crippen molar-refractivity contribution in [2.24, 2.45) is 5.73 Å². The van der Waals surface area contributed by atoms with Crippen LogP contribution in [0.3, 0.4) is 0 Å². The standard InChI is InChI=1S/C18H28N4O10/c1-8(23)14(18(31)32)21-16(29)11-3-2-6-22(11)17(30)10(7-13(26)27)20-15(28)9(19)4-5-12(24)25/h8-11,14,23H,2-7,19H2,1H3,(H,20,28)(H,21,29)(H,24,25)(H,26,27)(H,31,32). The highest BCUT2D eigenvalue weighted by atomic mass is 16.4. The molecule has 0 spiro atoms. The van der Waals surface area contributed by atoms with Gasteiger partial charge in [-0.3, -0.25) is 24.0 Å². The average molecular weight is 460 g/mol. The SMILES string of the molecule is CC(O)C(NC(=O)C1CCCN1C(=O)C(CC(=O)O)NC(=O)C(N)CCC(=O)O)C(=O)O. The van der Waals surface area contributed by atoms with Gasteiger partial charge in [0.05, 0.1) is 18.6 Å². The highest BCUT2D eigenvalue weighted by Crippen LogP contribution is 2.20. The molecule has 0 radical (unpaired) electrons. The average Bonchev–Trinajstić information content (AvgIpc) is 3.17. The van der Waals surface area contributed by atoms with Crippen molar-refractivity contribution < 1.29 is 49.2 Å². The summed E-state index contributed by atoms with van der Waals surface area (Å²) < 4.78 is 0. The number of nitrogens with two attached hydrogens (primary N) is 1. The van der Waals surface area contributed by atoms with E-state index in [1.165, 1.54) is 6.92 Å². The highest BCUT2D eigenvalue weighted by molar-refractivity contribution is 5.96. The van der Waals surface area contributed by atoms with Crippen LogP contribution in [0.5, 0.6) is 0 Å². The third kappa shape index (κ3) is 7.77. The third-order valence-electron chi connectivity index (χ3n) is 4.88. The number of hydrogen-bond donors (Lipinski definition) is 7. The lowest BCUT2D eigenvalue weighted by molar-refractivity contribution is -0.148. The van der Waals surface area contributed by atoms with Gasteiger partial charge >= 0.3 is 17.9 Å². The fraction of sp³-hybridized carbons (Fsp3) is 0.667. The zero-order valence-electron chi connectivity index (χ0n) is 17.4. The van der Waals surface area contributed by atoms with E-state index in [4.69, 9.17) is 21.1 Å². The minimum absolute atomic E-state index is 0.0559. The second kappa shape index (κ2) is 12.0. The van der Waals surface area contributed by atoms with Gasteiger partial charge in [-0.05, 0) is 26.2 Å². The Bertz CT molecular complexity index is 756. The maximum Gasteiger partial charge on any atom is 0.328 e. The van der Waals surface area contributed by atoms with Gasteiger partial charge in [-0.15, -0.1) is 0 Å². The predicted molar refractivity (Wildman–Crippen MR) is 105 cm³/mol. The number of rotatable bonds is 12. The van der Waals surface area contributed by atoms with Crippen LogP contribution in [0, 0.1) is 0 Å². The Balaban J connectivity index is 2.94. The van der Waals surface area contributed by atoms with E-state index in [0.29, 0.717) is 6.42 Å². The molecule has 1 saturated heterocycles. The fourth-order valence-corrected chi connectivity index (χ4v) is 3.20. The number of aliphatic hydroxyl groups excluding tert-OH is 1. The monoisotopic (exact) mass is 460 g/mol. The molecule has 0 aromatic heterocycles.